The minimum Gasteiger partial charge on any atom is -0.481 e. The maximum absolute atomic E-state index is 14.0. The van der Waals surface area contributed by atoms with Gasteiger partial charge in [0.1, 0.15) is 51.3 Å². The quantitative estimate of drug-likeness (QED) is 0.217. The van der Waals surface area contributed by atoms with Gasteiger partial charge >= 0.3 is 11.9 Å². The van der Waals surface area contributed by atoms with Crippen LogP contribution in [0.2, 0.25) is 0 Å². The summed E-state index contributed by atoms with van der Waals surface area (Å²) >= 11 is 0. The number of rotatable bonds is 8. The van der Waals surface area contributed by atoms with Crippen molar-refractivity contribution in [2.45, 2.75) is 103 Å². The van der Waals surface area contributed by atoms with Crippen LogP contribution in [0.3, 0.4) is 0 Å². The van der Waals surface area contributed by atoms with Gasteiger partial charge in [0.15, 0.2) is 17.7 Å². The Morgan fingerprint density at radius 2 is 1.28 bits per heavy atom. The fraction of sp³-hybridized carbons (Fsp3) is 0.421. The number of nitrogens with two attached hydrogens (primary N) is 3. The number of aliphatic imine (C=N–C) groups is 2. The highest BCUT2D eigenvalue weighted by atomic mass is 16.6. The zero-order valence-electron chi connectivity index (χ0n) is 30.2. The molecule has 0 bridgehead atoms. The third kappa shape index (κ3) is 7.70. The number of carbonyl (C=O) groups is 2. The molecule has 4 unspecified atom stereocenters. The van der Waals surface area contributed by atoms with Crippen LogP contribution in [-0.2, 0) is 36.6 Å². The molecule has 3 aromatic carbocycles. The molecule has 50 heavy (non-hydrogen) atoms. The molecule has 5 rings (SSSR count). The molecule has 4 atom stereocenters. The third-order valence-corrected chi connectivity index (χ3v) is 8.32. The molecule has 0 radical (unpaired) electrons. The van der Waals surface area contributed by atoms with E-state index in [2.05, 4.69) is 15.3 Å². The minimum absolute atomic E-state index is 0.0256. The van der Waals surface area contributed by atoms with Gasteiger partial charge in [-0.25, -0.2) is 19.6 Å². The van der Waals surface area contributed by atoms with Gasteiger partial charge in [-0.3, -0.25) is 0 Å². The number of esters is 2. The Kier molecular flexibility index (Phi) is 9.39. The van der Waals surface area contributed by atoms with E-state index in [1.807, 2.05) is 52.0 Å². The van der Waals surface area contributed by atoms with E-state index in [9.17, 15) is 9.59 Å². The summed E-state index contributed by atoms with van der Waals surface area (Å²) in [6.45, 7) is 16.1. The summed E-state index contributed by atoms with van der Waals surface area (Å²) in [6, 6.07) is 17.8. The van der Waals surface area contributed by atoms with Crippen LogP contribution in [0, 0.1) is 0 Å². The highest BCUT2D eigenvalue weighted by molar-refractivity contribution is 5.92. The average molecular weight is 685 g/mol. The SMILES string of the molecule is CC1Oc2ccc(NC(C)(C(=O)OC(C)(C)C)c3cccc(CC(N)(C(=O)OC(C)(C)C)c4ccc5c(c4)N=C(N)C(C)O5)c3)cc2N=C1N. The second kappa shape index (κ2) is 13.0. The van der Waals surface area contributed by atoms with E-state index in [4.69, 9.17) is 36.1 Å². The molecule has 0 spiro atoms. The zero-order valence-corrected chi connectivity index (χ0v) is 30.2. The largest absolute Gasteiger partial charge is 0.481 e. The van der Waals surface area contributed by atoms with Crippen LogP contribution < -0.4 is 32.0 Å². The molecule has 0 saturated carbocycles. The summed E-state index contributed by atoms with van der Waals surface area (Å²) in [5, 5.41) is 3.38. The molecule has 266 valence electrons. The topological polar surface area (TPSA) is 186 Å². The van der Waals surface area contributed by atoms with Crippen molar-refractivity contribution in [1.29, 1.82) is 0 Å². The molecule has 2 heterocycles. The third-order valence-electron chi connectivity index (χ3n) is 8.32. The number of hydrogen-bond acceptors (Lipinski definition) is 12. The number of nitrogens with one attached hydrogen (secondary N) is 1. The number of nitrogens with zero attached hydrogens (tertiary/aromatic N) is 2. The molecule has 12 heteroatoms. The normalized spacial score (nSPS) is 19.5. The number of amidine groups is 2. The lowest BCUT2D eigenvalue weighted by Gasteiger charge is -2.35. The van der Waals surface area contributed by atoms with Crippen LogP contribution >= 0.6 is 0 Å². The summed E-state index contributed by atoms with van der Waals surface area (Å²) in [7, 11) is 0. The minimum atomic E-state index is -1.66. The summed E-state index contributed by atoms with van der Waals surface area (Å²) in [5.74, 6) is 0.626. The van der Waals surface area contributed by atoms with Gasteiger partial charge in [-0.1, -0.05) is 30.3 Å². The number of carbonyl (C=O) groups excluding carboxylic acids is 2. The van der Waals surface area contributed by atoms with E-state index >= 15 is 0 Å². The first-order chi connectivity index (χ1) is 23.2. The van der Waals surface area contributed by atoms with Gasteiger partial charge in [-0.05, 0) is 109 Å². The van der Waals surface area contributed by atoms with Crippen molar-refractivity contribution in [3.05, 3.63) is 77.4 Å². The molecule has 3 aromatic rings. The van der Waals surface area contributed by atoms with E-state index in [1.54, 1.807) is 71.0 Å². The molecule has 2 aliphatic heterocycles. The Bertz CT molecular complexity index is 1880. The molecule has 2 aliphatic rings. The van der Waals surface area contributed by atoms with Crippen LogP contribution in [0.25, 0.3) is 0 Å². The fourth-order valence-corrected chi connectivity index (χ4v) is 5.61. The number of anilines is 1. The number of hydrogen-bond donors (Lipinski definition) is 4. The van der Waals surface area contributed by atoms with E-state index in [0.717, 1.165) is 0 Å². The molecule has 12 nitrogen and oxygen atoms in total. The maximum Gasteiger partial charge on any atom is 0.336 e. The van der Waals surface area contributed by atoms with E-state index in [1.165, 1.54) is 0 Å². The molecule has 0 aromatic heterocycles. The molecular weight excluding hydrogens is 636 g/mol. The Hall–Kier alpha value is -5.10. The standard InChI is InChI=1S/C38H48N6O6/c1-21-31(39)42-27-18-25(13-15-29(27)47-21)38(41,34(46)50-36(6,7)8)20-23-11-10-12-24(17-23)37(9,33(45)49-35(3,4)5)44-26-14-16-30-28(19-26)43-32(40)22(2)48-30/h10-19,21-22,44H,20,41H2,1-9H3,(H2,39,42)(H2,40,43). The molecule has 7 N–H and O–H groups in total. The lowest BCUT2D eigenvalue weighted by molar-refractivity contribution is -0.162. The Labute approximate surface area is 293 Å². The van der Waals surface area contributed by atoms with Crippen molar-refractivity contribution < 1.29 is 28.5 Å². The highest BCUT2D eigenvalue weighted by Gasteiger charge is 2.43. The maximum atomic E-state index is 14.0. The van der Waals surface area contributed by atoms with E-state index in [-0.39, 0.29) is 18.6 Å². The van der Waals surface area contributed by atoms with Gasteiger partial charge in [-0.2, -0.15) is 0 Å². The van der Waals surface area contributed by atoms with Crippen LogP contribution in [-0.4, -0.2) is 47.0 Å². The van der Waals surface area contributed by atoms with Gasteiger partial charge < -0.3 is 41.5 Å². The van der Waals surface area contributed by atoms with Gasteiger partial charge in [0.05, 0.1) is 0 Å². The molecule has 0 aliphatic carbocycles. The van der Waals surface area contributed by atoms with E-state index in [0.29, 0.717) is 56.9 Å². The van der Waals surface area contributed by atoms with Crippen LogP contribution in [0.4, 0.5) is 17.1 Å². The monoisotopic (exact) mass is 684 g/mol. The molecule has 0 amide bonds. The first-order valence-electron chi connectivity index (χ1n) is 16.6. The van der Waals surface area contributed by atoms with Gasteiger partial charge in [0, 0.05) is 12.1 Å². The molecular formula is C38H48N6O6. The van der Waals surface area contributed by atoms with Gasteiger partial charge in [-0.15, -0.1) is 0 Å². The average Bonchev–Trinajstić information content (AvgIpc) is 3.00. The van der Waals surface area contributed by atoms with Gasteiger partial charge in [0.25, 0.3) is 0 Å². The number of ether oxygens (including phenoxy) is 4. The van der Waals surface area contributed by atoms with E-state index < -0.39 is 34.2 Å². The predicted octanol–water partition coefficient (Wildman–Crippen LogP) is 5.63. The smallest absolute Gasteiger partial charge is 0.336 e. The number of benzene rings is 3. The fourth-order valence-electron chi connectivity index (χ4n) is 5.61. The summed E-state index contributed by atoms with van der Waals surface area (Å²) in [5.41, 5.74) is 17.9. The van der Waals surface area contributed by atoms with Crippen molar-refractivity contribution in [2.75, 3.05) is 5.32 Å². The van der Waals surface area contributed by atoms with Crippen molar-refractivity contribution in [2.24, 2.45) is 27.2 Å². The van der Waals surface area contributed by atoms with Gasteiger partial charge in [0.2, 0.25) is 0 Å². The Morgan fingerprint density at radius 1 is 0.740 bits per heavy atom. The van der Waals surface area contributed by atoms with Crippen molar-refractivity contribution in [3.63, 3.8) is 0 Å². The number of fused-ring (bicyclic) bond motifs is 2. The van der Waals surface area contributed by atoms with Crippen LogP contribution in [0.1, 0.15) is 79.0 Å². The highest BCUT2D eigenvalue weighted by Crippen LogP contribution is 2.40. The van der Waals surface area contributed by atoms with Crippen molar-refractivity contribution in [1.82, 2.24) is 0 Å². The lowest BCUT2D eigenvalue weighted by Crippen LogP contribution is -2.50. The van der Waals surface area contributed by atoms with Crippen molar-refractivity contribution in [3.8, 4) is 11.5 Å². The zero-order chi connectivity index (χ0) is 36.8. The second-order valence-corrected chi connectivity index (χ2v) is 15.1. The summed E-state index contributed by atoms with van der Waals surface area (Å²) in [6.07, 6.45) is -0.713. The predicted molar refractivity (Wildman–Crippen MR) is 194 cm³/mol. The van der Waals surface area contributed by atoms with Crippen LogP contribution in [0.5, 0.6) is 11.5 Å². The molecule has 0 saturated heterocycles. The van der Waals surface area contributed by atoms with Crippen molar-refractivity contribution >= 4 is 40.7 Å². The first kappa shape index (κ1) is 36.2. The Morgan fingerprint density at radius 3 is 1.86 bits per heavy atom. The second-order valence-electron chi connectivity index (χ2n) is 15.1. The van der Waals surface area contributed by atoms with Crippen LogP contribution in [0.15, 0.2) is 70.6 Å². The Balaban J connectivity index is 1.56. The first-order valence-corrected chi connectivity index (χ1v) is 16.6. The molecule has 0 fully saturated rings. The summed E-state index contributed by atoms with van der Waals surface area (Å²) < 4.78 is 23.6. The lowest BCUT2D eigenvalue weighted by atomic mass is 9.82. The summed E-state index contributed by atoms with van der Waals surface area (Å²) in [4.78, 5) is 37.0.